The molecule has 2 heterocycles. The molecule has 1 aromatic heterocycles. The highest BCUT2D eigenvalue weighted by Gasteiger charge is 2.19. The lowest BCUT2D eigenvalue weighted by Gasteiger charge is -2.26. The molecule has 94 valence electrons. The van der Waals surface area contributed by atoms with Crippen molar-refractivity contribution in [1.29, 1.82) is 0 Å². The SMILES string of the molecule is CC(=O)c1ccc(C(=O)N2CCNCC2)s1.Cl. The van der Waals surface area contributed by atoms with E-state index in [1.54, 1.807) is 12.1 Å². The van der Waals surface area contributed by atoms with E-state index in [0.717, 1.165) is 26.2 Å². The second-order valence-electron chi connectivity index (χ2n) is 3.76. The van der Waals surface area contributed by atoms with Gasteiger partial charge in [-0.3, -0.25) is 9.59 Å². The van der Waals surface area contributed by atoms with Crippen LogP contribution in [0.15, 0.2) is 12.1 Å². The summed E-state index contributed by atoms with van der Waals surface area (Å²) in [5.74, 6) is 0.0587. The van der Waals surface area contributed by atoms with Crippen molar-refractivity contribution in [3.8, 4) is 0 Å². The molecule has 0 atom stereocenters. The molecule has 17 heavy (non-hydrogen) atoms. The van der Waals surface area contributed by atoms with Crippen LogP contribution < -0.4 is 5.32 Å². The van der Waals surface area contributed by atoms with Gasteiger partial charge in [0.2, 0.25) is 0 Å². The summed E-state index contributed by atoms with van der Waals surface area (Å²) < 4.78 is 0. The Kier molecular flexibility index (Phi) is 5.11. The molecular weight excluding hydrogens is 260 g/mol. The number of thiophene rings is 1. The molecule has 2 rings (SSSR count). The average molecular weight is 275 g/mol. The molecule has 1 aliphatic rings. The van der Waals surface area contributed by atoms with Crippen molar-refractivity contribution >= 4 is 35.4 Å². The molecule has 4 nitrogen and oxygen atoms in total. The second-order valence-corrected chi connectivity index (χ2v) is 4.85. The van der Waals surface area contributed by atoms with Crippen LogP contribution >= 0.6 is 23.7 Å². The van der Waals surface area contributed by atoms with Gasteiger partial charge < -0.3 is 10.2 Å². The van der Waals surface area contributed by atoms with Crippen LogP contribution in [-0.2, 0) is 0 Å². The number of hydrogen-bond donors (Lipinski definition) is 1. The van der Waals surface area contributed by atoms with Crippen molar-refractivity contribution in [2.75, 3.05) is 26.2 Å². The fraction of sp³-hybridized carbons (Fsp3) is 0.455. The molecule has 1 saturated heterocycles. The molecule has 1 amide bonds. The predicted octanol–water partition coefficient (Wildman–Crippen LogP) is 1.42. The highest BCUT2D eigenvalue weighted by atomic mass is 35.5. The average Bonchev–Trinajstić information content (AvgIpc) is 2.78. The minimum atomic E-state index is 0. The van der Waals surface area contributed by atoms with Gasteiger partial charge in [0.1, 0.15) is 0 Å². The van der Waals surface area contributed by atoms with E-state index in [0.29, 0.717) is 9.75 Å². The normalized spacial score (nSPS) is 15.2. The molecule has 1 N–H and O–H groups in total. The van der Waals surface area contributed by atoms with Gasteiger partial charge >= 0.3 is 0 Å². The lowest BCUT2D eigenvalue weighted by Crippen LogP contribution is -2.46. The van der Waals surface area contributed by atoms with E-state index in [1.807, 2.05) is 4.90 Å². The van der Waals surface area contributed by atoms with Gasteiger partial charge in [0, 0.05) is 26.2 Å². The quantitative estimate of drug-likeness (QED) is 0.830. The monoisotopic (exact) mass is 274 g/mol. The van der Waals surface area contributed by atoms with Crippen molar-refractivity contribution in [1.82, 2.24) is 10.2 Å². The minimum absolute atomic E-state index is 0. The summed E-state index contributed by atoms with van der Waals surface area (Å²) in [6.07, 6.45) is 0. The first-order valence-electron chi connectivity index (χ1n) is 5.29. The Morgan fingerprint density at radius 2 is 1.82 bits per heavy atom. The Labute approximate surface area is 110 Å². The molecule has 0 spiro atoms. The Morgan fingerprint density at radius 1 is 1.24 bits per heavy atom. The summed E-state index contributed by atoms with van der Waals surface area (Å²) in [4.78, 5) is 26.3. The van der Waals surface area contributed by atoms with E-state index in [4.69, 9.17) is 0 Å². The van der Waals surface area contributed by atoms with Gasteiger partial charge in [-0.05, 0) is 19.1 Å². The van der Waals surface area contributed by atoms with Gasteiger partial charge in [0.15, 0.2) is 5.78 Å². The number of ketones is 1. The first-order chi connectivity index (χ1) is 7.68. The van der Waals surface area contributed by atoms with E-state index in [1.165, 1.54) is 18.3 Å². The van der Waals surface area contributed by atoms with E-state index in [-0.39, 0.29) is 24.1 Å². The molecule has 0 aliphatic carbocycles. The largest absolute Gasteiger partial charge is 0.335 e. The number of carbonyl (C=O) groups is 2. The number of amides is 1. The van der Waals surface area contributed by atoms with Crippen molar-refractivity contribution in [2.24, 2.45) is 0 Å². The van der Waals surface area contributed by atoms with Gasteiger partial charge in [-0.1, -0.05) is 0 Å². The van der Waals surface area contributed by atoms with E-state index in [9.17, 15) is 9.59 Å². The maximum Gasteiger partial charge on any atom is 0.264 e. The van der Waals surface area contributed by atoms with Crippen LogP contribution in [0.25, 0.3) is 0 Å². The number of nitrogens with zero attached hydrogens (tertiary/aromatic N) is 1. The Balaban J connectivity index is 0.00000144. The third-order valence-electron chi connectivity index (χ3n) is 2.57. The van der Waals surface area contributed by atoms with Crippen LogP contribution in [0, 0.1) is 0 Å². The van der Waals surface area contributed by atoms with Crippen LogP contribution in [-0.4, -0.2) is 42.8 Å². The van der Waals surface area contributed by atoms with E-state index in [2.05, 4.69) is 5.32 Å². The van der Waals surface area contributed by atoms with Crippen LogP contribution in [0.5, 0.6) is 0 Å². The summed E-state index contributed by atoms with van der Waals surface area (Å²) in [6, 6.07) is 3.47. The van der Waals surface area contributed by atoms with Crippen LogP contribution in [0.2, 0.25) is 0 Å². The van der Waals surface area contributed by atoms with Crippen LogP contribution in [0.3, 0.4) is 0 Å². The third kappa shape index (κ3) is 3.28. The number of Topliss-reactive ketones (excluding diaryl/α,β-unsaturated/α-hetero) is 1. The Morgan fingerprint density at radius 3 is 2.35 bits per heavy atom. The molecule has 6 heteroatoms. The Hall–Kier alpha value is -0.910. The van der Waals surface area contributed by atoms with E-state index < -0.39 is 0 Å². The van der Waals surface area contributed by atoms with Gasteiger partial charge in [-0.2, -0.15) is 0 Å². The van der Waals surface area contributed by atoms with Crippen molar-refractivity contribution < 1.29 is 9.59 Å². The number of carbonyl (C=O) groups excluding carboxylic acids is 2. The third-order valence-corrected chi connectivity index (χ3v) is 3.74. The summed E-state index contributed by atoms with van der Waals surface area (Å²) in [5.41, 5.74) is 0. The predicted molar refractivity (Wildman–Crippen MR) is 70.3 cm³/mol. The highest BCUT2D eigenvalue weighted by Crippen LogP contribution is 2.19. The molecule has 0 bridgehead atoms. The maximum absolute atomic E-state index is 12.0. The van der Waals surface area contributed by atoms with Crippen molar-refractivity contribution in [3.63, 3.8) is 0 Å². The van der Waals surface area contributed by atoms with Crippen LogP contribution in [0.1, 0.15) is 26.3 Å². The van der Waals surface area contributed by atoms with Gasteiger partial charge in [0.25, 0.3) is 5.91 Å². The molecule has 0 unspecified atom stereocenters. The fourth-order valence-electron chi connectivity index (χ4n) is 1.67. The van der Waals surface area contributed by atoms with Gasteiger partial charge in [-0.15, -0.1) is 23.7 Å². The molecule has 1 fully saturated rings. The topological polar surface area (TPSA) is 49.4 Å². The van der Waals surface area contributed by atoms with Crippen LogP contribution in [0.4, 0.5) is 0 Å². The number of hydrogen-bond acceptors (Lipinski definition) is 4. The van der Waals surface area contributed by atoms with Gasteiger partial charge in [0.05, 0.1) is 9.75 Å². The zero-order valence-electron chi connectivity index (χ0n) is 9.56. The number of halogens is 1. The molecule has 0 aromatic carbocycles. The second kappa shape index (κ2) is 6.14. The fourth-order valence-corrected chi connectivity index (χ4v) is 2.54. The highest BCUT2D eigenvalue weighted by molar-refractivity contribution is 7.15. The zero-order valence-corrected chi connectivity index (χ0v) is 11.2. The standard InChI is InChI=1S/C11H14N2O2S.ClH/c1-8(14)9-2-3-10(16-9)11(15)13-6-4-12-5-7-13;/h2-3,12H,4-7H2,1H3;1H. The number of nitrogens with one attached hydrogen (secondary N) is 1. The molecule has 0 radical (unpaired) electrons. The van der Waals surface area contributed by atoms with Crippen molar-refractivity contribution in [2.45, 2.75) is 6.92 Å². The molecule has 0 saturated carbocycles. The first-order valence-corrected chi connectivity index (χ1v) is 6.11. The minimum Gasteiger partial charge on any atom is -0.335 e. The number of piperazine rings is 1. The van der Waals surface area contributed by atoms with Gasteiger partial charge in [-0.25, -0.2) is 0 Å². The smallest absolute Gasteiger partial charge is 0.264 e. The lowest BCUT2D eigenvalue weighted by atomic mass is 10.3. The lowest BCUT2D eigenvalue weighted by molar-refractivity contribution is 0.0740. The summed E-state index contributed by atoms with van der Waals surface area (Å²) in [7, 11) is 0. The molecule has 1 aliphatic heterocycles. The zero-order chi connectivity index (χ0) is 11.5. The summed E-state index contributed by atoms with van der Waals surface area (Å²) in [6.45, 7) is 4.69. The van der Waals surface area contributed by atoms with Crippen molar-refractivity contribution in [3.05, 3.63) is 21.9 Å². The number of rotatable bonds is 2. The maximum atomic E-state index is 12.0. The Bertz CT molecular complexity index is 413. The summed E-state index contributed by atoms with van der Waals surface area (Å²) >= 11 is 1.28. The molecular formula is C11H15ClN2O2S. The molecule has 1 aromatic rings. The van der Waals surface area contributed by atoms with E-state index >= 15 is 0 Å². The summed E-state index contributed by atoms with van der Waals surface area (Å²) in [5, 5.41) is 3.20. The first kappa shape index (κ1) is 14.2.